The Kier molecular flexibility index (Phi) is 3.25. The van der Waals surface area contributed by atoms with E-state index in [4.69, 9.17) is 11.6 Å². The van der Waals surface area contributed by atoms with Crippen molar-refractivity contribution in [2.75, 3.05) is 0 Å². The summed E-state index contributed by atoms with van der Waals surface area (Å²) in [5.74, 6) is -0.187. The maximum absolute atomic E-state index is 11.4. The molecule has 4 heteroatoms. The van der Waals surface area contributed by atoms with Crippen LogP contribution >= 0.6 is 11.6 Å². The maximum Gasteiger partial charge on any atom is 0.254 e. The number of aromatic nitrogens is 1. The summed E-state index contributed by atoms with van der Waals surface area (Å²) >= 11 is 5.80. The van der Waals surface area contributed by atoms with E-state index in [2.05, 4.69) is 10.3 Å². The largest absolute Gasteiger partial charge is 0.350 e. The molecule has 0 saturated heterocycles. The van der Waals surface area contributed by atoms with Crippen LogP contribution in [0, 0.1) is 0 Å². The Hall–Kier alpha value is -1.09. The average molecular weight is 199 g/mol. The van der Waals surface area contributed by atoms with Gasteiger partial charge in [0.25, 0.3) is 5.91 Å². The van der Waals surface area contributed by atoms with Gasteiger partial charge in [-0.15, -0.1) is 0 Å². The molecule has 1 heterocycles. The van der Waals surface area contributed by atoms with Gasteiger partial charge in [-0.1, -0.05) is 11.6 Å². The average Bonchev–Trinajstić information content (AvgIpc) is 2.03. The summed E-state index contributed by atoms with van der Waals surface area (Å²) < 4.78 is 0. The summed E-state index contributed by atoms with van der Waals surface area (Å²) in [6.45, 7) is 3.78. The van der Waals surface area contributed by atoms with E-state index in [0.29, 0.717) is 10.6 Å². The van der Waals surface area contributed by atoms with E-state index in [9.17, 15) is 4.79 Å². The number of nitrogens with one attached hydrogen (secondary N) is 1. The van der Waals surface area contributed by atoms with Crippen molar-refractivity contribution in [3.8, 4) is 0 Å². The first kappa shape index (κ1) is 9.99. The van der Waals surface area contributed by atoms with Gasteiger partial charge in [0.15, 0.2) is 0 Å². The fraction of sp³-hybridized carbons (Fsp3) is 0.333. The minimum Gasteiger partial charge on any atom is -0.350 e. The SMILES string of the molecule is CC(C)NC(=O)c1cnccc1Cl. The van der Waals surface area contributed by atoms with E-state index in [1.807, 2.05) is 13.8 Å². The zero-order chi connectivity index (χ0) is 9.84. The van der Waals surface area contributed by atoms with Crippen LogP contribution in [0.25, 0.3) is 0 Å². The Morgan fingerprint density at radius 2 is 2.31 bits per heavy atom. The maximum atomic E-state index is 11.4. The van der Waals surface area contributed by atoms with E-state index in [-0.39, 0.29) is 11.9 Å². The third-order valence-electron chi connectivity index (χ3n) is 1.43. The lowest BCUT2D eigenvalue weighted by Crippen LogP contribution is -2.30. The van der Waals surface area contributed by atoms with Crippen LogP contribution in [0.1, 0.15) is 24.2 Å². The molecular formula is C9H11ClN2O. The van der Waals surface area contributed by atoms with Gasteiger partial charge in [-0.05, 0) is 19.9 Å². The Morgan fingerprint density at radius 3 is 2.85 bits per heavy atom. The van der Waals surface area contributed by atoms with Crippen molar-refractivity contribution in [1.82, 2.24) is 10.3 Å². The van der Waals surface area contributed by atoms with E-state index >= 15 is 0 Å². The Bertz CT molecular complexity index is 312. The van der Waals surface area contributed by atoms with E-state index < -0.39 is 0 Å². The number of amides is 1. The number of carbonyl (C=O) groups is 1. The molecule has 0 fully saturated rings. The highest BCUT2D eigenvalue weighted by Gasteiger charge is 2.10. The molecule has 1 amide bonds. The second-order valence-corrected chi connectivity index (χ2v) is 3.39. The van der Waals surface area contributed by atoms with Crippen molar-refractivity contribution < 1.29 is 4.79 Å². The zero-order valence-electron chi connectivity index (χ0n) is 7.54. The van der Waals surface area contributed by atoms with Crippen LogP contribution in [0.2, 0.25) is 5.02 Å². The molecule has 0 unspecified atom stereocenters. The highest BCUT2D eigenvalue weighted by Crippen LogP contribution is 2.12. The van der Waals surface area contributed by atoms with Crippen molar-refractivity contribution in [3.63, 3.8) is 0 Å². The second kappa shape index (κ2) is 4.23. The van der Waals surface area contributed by atoms with Crippen LogP contribution in [0.15, 0.2) is 18.5 Å². The Morgan fingerprint density at radius 1 is 1.62 bits per heavy atom. The number of hydrogen-bond donors (Lipinski definition) is 1. The van der Waals surface area contributed by atoms with Gasteiger partial charge in [-0.3, -0.25) is 9.78 Å². The van der Waals surface area contributed by atoms with Gasteiger partial charge < -0.3 is 5.32 Å². The second-order valence-electron chi connectivity index (χ2n) is 2.98. The number of carbonyl (C=O) groups excluding carboxylic acids is 1. The number of nitrogens with zero attached hydrogens (tertiary/aromatic N) is 1. The van der Waals surface area contributed by atoms with Gasteiger partial charge >= 0.3 is 0 Å². The third kappa shape index (κ3) is 2.70. The molecular weight excluding hydrogens is 188 g/mol. The van der Waals surface area contributed by atoms with Crippen molar-refractivity contribution >= 4 is 17.5 Å². The number of pyridine rings is 1. The summed E-state index contributed by atoms with van der Waals surface area (Å²) in [6, 6.07) is 1.69. The van der Waals surface area contributed by atoms with Crippen molar-refractivity contribution in [1.29, 1.82) is 0 Å². The first-order valence-electron chi connectivity index (χ1n) is 4.01. The van der Waals surface area contributed by atoms with Gasteiger partial charge in [-0.25, -0.2) is 0 Å². The highest BCUT2D eigenvalue weighted by molar-refractivity contribution is 6.33. The smallest absolute Gasteiger partial charge is 0.254 e. The van der Waals surface area contributed by atoms with Gasteiger partial charge in [0.2, 0.25) is 0 Å². The molecule has 1 aromatic rings. The van der Waals surface area contributed by atoms with Gasteiger partial charge in [0.1, 0.15) is 0 Å². The van der Waals surface area contributed by atoms with Crippen LogP contribution in [0.3, 0.4) is 0 Å². The molecule has 1 aromatic heterocycles. The van der Waals surface area contributed by atoms with Crippen LogP contribution in [-0.4, -0.2) is 16.9 Å². The molecule has 1 rings (SSSR count). The molecule has 0 spiro atoms. The predicted octanol–water partition coefficient (Wildman–Crippen LogP) is 1.87. The molecule has 1 N–H and O–H groups in total. The number of hydrogen-bond acceptors (Lipinski definition) is 2. The topological polar surface area (TPSA) is 42.0 Å². The molecule has 0 saturated carbocycles. The van der Waals surface area contributed by atoms with Gasteiger partial charge in [0, 0.05) is 18.4 Å². The van der Waals surface area contributed by atoms with Gasteiger partial charge in [0.05, 0.1) is 10.6 Å². The van der Waals surface area contributed by atoms with E-state index in [1.54, 1.807) is 12.3 Å². The fourth-order valence-electron chi connectivity index (χ4n) is 0.885. The van der Waals surface area contributed by atoms with Crippen LogP contribution < -0.4 is 5.32 Å². The van der Waals surface area contributed by atoms with Gasteiger partial charge in [-0.2, -0.15) is 0 Å². The highest BCUT2D eigenvalue weighted by atomic mass is 35.5. The lowest BCUT2D eigenvalue weighted by atomic mass is 10.2. The molecule has 0 aromatic carbocycles. The Balaban J connectivity index is 2.83. The number of halogens is 1. The van der Waals surface area contributed by atoms with E-state index in [1.165, 1.54) is 6.20 Å². The zero-order valence-corrected chi connectivity index (χ0v) is 8.30. The number of rotatable bonds is 2. The molecule has 0 aliphatic carbocycles. The van der Waals surface area contributed by atoms with Crippen LogP contribution in [0.4, 0.5) is 0 Å². The third-order valence-corrected chi connectivity index (χ3v) is 1.76. The minimum absolute atomic E-state index is 0.101. The monoisotopic (exact) mass is 198 g/mol. The summed E-state index contributed by atoms with van der Waals surface area (Å²) in [7, 11) is 0. The molecule has 70 valence electrons. The molecule has 13 heavy (non-hydrogen) atoms. The lowest BCUT2D eigenvalue weighted by Gasteiger charge is -2.08. The molecule has 0 radical (unpaired) electrons. The summed E-state index contributed by atoms with van der Waals surface area (Å²) in [5, 5.41) is 3.16. The summed E-state index contributed by atoms with van der Waals surface area (Å²) in [4.78, 5) is 15.3. The molecule has 0 aliphatic rings. The van der Waals surface area contributed by atoms with Crippen molar-refractivity contribution in [3.05, 3.63) is 29.0 Å². The normalized spacial score (nSPS) is 10.2. The van der Waals surface area contributed by atoms with Crippen LogP contribution in [-0.2, 0) is 0 Å². The minimum atomic E-state index is -0.187. The standard InChI is InChI=1S/C9H11ClN2O/c1-6(2)12-9(13)7-5-11-4-3-8(7)10/h3-6H,1-2H3,(H,12,13). The summed E-state index contributed by atoms with van der Waals surface area (Å²) in [5.41, 5.74) is 0.415. The van der Waals surface area contributed by atoms with Crippen molar-refractivity contribution in [2.24, 2.45) is 0 Å². The summed E-state index contributed by atoms with van der Waals surface area (Å²) in [6.07, 6.45) is 3.01. The Labute approximate surface area is 82.1 Å². The quantitative estimate of drug-likeness (QED) is 0.789. The first-order valence-corrected chi connectivity index (χ1v) is 4.39. The van der Waals surface area contributed by atoms with Crippen LogP contribution in [0.5, 0.6) is 0 Å². The predicted molar refractivity (Wildman–Crippen MR) is 51.8 cm³/mol. The molecule has 0 bridgehead atoms. The van der Waals surface area contributed by atoms with E-state index in [0.717, 1.165) is 0 Å². The molecule has 3 nitrogen and oxygen atoms in total. The fourth-order valence-corrected chi connectivity index (χ4v) is 1.08. The first-order chi connectivity index (χ1) is 6.11. The molecule has 0 aliphatic heterocycles. The lowest BCUT2D eigenvalue weighted by molar-refractivity contribution is 0.0943. The van der Waals surface area contributed by atoms with Crippen molar-refractivity contribution in [2.45, 2.75) is 19.9 Å². The molecule has 0 atom stereocenters.